The quantitative estimate of drug-likeness (QED) is 0.599. The summed E-state index contributed by atoms with van der Waals surface area (Å²) in [4.78, 5) is 3.61. The molecule has 1 aliphatic rings. The summed E-state index contributed by atoms with van der Waals surface area (Å²) in [5.74, 6) is 1.13. The number of aliphatic hydroxyl groups is 1. The molecule has 2 N–H and O–H groups in total. The number of likely N-dealkylation sites (N-methyl/N-ethyl adjacent to an activating group) is 1. The lowest BCUT2D eigenvalue weighted by atomic mass is 9.94. The Hall–Kier alpha value is -0.550. The largest absolute Gasteiger partial charge is 0.387 e. The van der Waals surface area contributed by atoms with E-state index in [2.05, 4.69) is 48.5 Å². The zero-order valence-corrected chi connectivity index (χ0v) is 14.1. The molecule has 118 valence electrons. The van der Waals surface area contributed by atoms with E-state index in [9.17, 15) is 5.11 Å². The van der Waals surface area contributed by atoms with Crippen LogP contribution in [0.3, 0.4) is 0 Å². The average Bonchev–Trinajstić information content (AvgIpc) is 2.46. The van der Waals surface area contributed by atoms with Gasteiger partial charge in [-0.25, -0.2) is 0 Å². The molecule has 1 aliphatic heterocycles. The first-order valence-corrected chi connectivity index (χ1v) is 8.87. The predicted octanol–water partition coefficient (Wildman–Crippen LogP) is 2.52. The lowest BCUT2D eigenvalue weighted by Crippen LogP contribution is -2.52. The zero-order chi connectivity index (χ0) is 15.1. The van der Waals surface area contributed by atoms with Crippen LogP contribution in [0.4, 0.5) is 0 Å². The number of benzene rings is 1. The maximum Gasteiger partial charge on any atom is 0.0897 e. The maximum absolute atomic E-state index is 10.5. The number of thioether (sulfide) groups is 1. The van der Waals surface area contributed by atoms with Crippen LogP contribution in [0.2, 0.25) is 0 Å². The molecule has 2 rings (SSSR count). The van der Waals surface area contributed by atoms with Crippen molar-refractivity contribution in [2.45, 2.75) is 36.7 Å². The van der Waals surface area contributed by atoms with Crippen LogP contribution < -0.4 is 5.32 Å². The van der Waals surface area contributed by atoms with Crippen LogP contribution in [-0.2, 0) is 0 Å². The Bertz CT molecular complexity index is 415. The summed E-state index contributed by atoms with van der Waals surface area (Å²) in [7, 11) is 2.11. The van der Waals surface area contributed by atoms with Gasteiger partial charge in [0.25, 0.3) is 0 Å². The second-order valence-electron chi connectivity index (χ2n) is 6.26. The number of nitrogens with zero attached hydrogens (tertiary/aromatic N) is 1. The van der Waals surface area contributed by atoms with Crippen molar-refractivity contribution < 1.29 is 5.11 Å². The van der Waals surface area contributed by atoms with Gasteiger partial charge >= 0.3 is 0 Å². The molecule has 1 aromatic carbocycles. The predicted molar refractivity (Wildman–Crippen MR) is 91.1 cm³/mol. The minimum atomic E-state index is -0.531. The second kappa shape index (κ2) is 8.18. The molecule has 1 fully saturated rings. The van der Waals surface area contributed by atoms with E-state index >= 15 is 0 Å². The zero-order valence-electron chi connectivity index (χ0n) is 13.3. The molecule has 0 bridgehead atoms. The molecule has 1 aromatic rings. The summed E-state index contributed by atoms with van der Waals surface area (Å²) in [5.41, 5.74) is 0.783. The van der Waals surface area contributed by atoms with E-state index in [1.54, 1.807) is 0 Å². The van der Waals surface area contributed by atoms with E-state index in [1.165, 1.54) is 10.5 Å². The third kappa shape index (κ3) is 5.99. The van der Waals surface area contributed by atoms with Crippen molar-refractivity contribution in [1.82, 2.24) is 10.2 Å². The number of piperidine rings is 1. The molecule has 0 radical (unpaired) electrons. The fraction of sp³-hybridized carbons (Fsp3) is 0.647. The number of aryl methyl sites for hydroxylation is 1. The van der Waals surface area contributed by atoms with Crippen LogP contribution in [0.1, 0.15) is 24.8 Å². The van der Waals surface area contributed by atoms with E-state index in [0.29, 0.717) is 0 Å². The minimum Gasteiger partial charge on any atom is -0.387 e. The highest BCUT2D eigenvalue weighted by molar-refractivity contribution is 7.99. The van der Waals surface area contributed by atoms with Gasteiger partial charge in [-0.2, -0.15) is 0 Å². The molecular weight excluding hydrogens is 280 g/mol. The highest BCUT2D eigenvalue weighted by Crippen LogP contribution is 2.20. The third-order valence-corrected chi connectivity index (χ3v) is 5.09. The van der Waals surface area contributed by atoms with Gasteiger partial charge in [0.15, 0.2) is 0 Å². The summed E-state index contributed by atoms with van der Waals surface area (Å²) in [6, 6.07) is 8.72. The van der Waals surface area contributed by atoms with Gasteiger partial charge in [0.1, 0.15) is 0 Å². The van der Waals surface area contributed by atoms with Crippen molar-refractivity contribution in [3.63, 3.8) is 0 Å². The summed E-state index contributed by atoms with van der Waals surface area (Å²) < 4.78 is 0. The Kier molecular flexibility index (Phi) is 6.55. The van der Waals surface area contributed by atoms with E-state index in [-0.39, 0.29) is 0 Å². The summed E-state index contributed by atoms with van der Waals surface area (Å²) >= 11 is 1.91. The highest BCUT2D eigenvalue weighted by Gasteiger charge is 2.30. The van der Waals surface area contributed by atoms with Crippen LogP contribution >= 0.6 is 11.8 Å². The number of hydrogen-bond acceptors (Lipinski definition) is 4. The third-order valence-electron chi connectivity index (χ3n) is 3.99. The van der Waals surface area contributed by atoms with E-state index < -0.39 is 5.60 Å². The smallest absolute Gasteiger partial charge is 0.0897 e. The van der Waals surface area contributed by atoms with Gasteiger partial charge in [0.2, 0.25) is 0 Å². The Morgan fingerprint density at radius 3 is 2.76 bits per heavy atom. The first kappa shape index (κ1) is 16.8. The highest BCUT2D eigenvalue weighted by atomic mass is 32.2. The number of nitrogens with one attached hydrogen (secondary N) is 1. The molecular formula is C17H28N2OS. The SMILES string of the molecule is Cc1ccc(SCCCN(C)C[C@]2(O)CCCNC2)cc1. The standard InChI is InChI=1S/C17H28N2OS/c1-15-5-7-16(8-6-15)21-12-4-11-19(2)14-17(20)9-3-10-18-13-17/h5-8,18,20H,3-4,9-14H2,1-2H3/t17-/m0/s1. The van der Waals surface area contributed by atoms with Gasteiger partial charge in [-0.3, -0.25) is 0 Å². The van der Waals surface area contributed by atoms with Crippen LogP contribution in [0.15, 0.2) is 29.2 Å². The van der Waals surface area contributed by atoms with Crippen molar-refractivity contribution in [2.24, 2.45) is 0 Å². The fourth-order valence-electron chi connectivity index (χ4n) is 2.83. The van der Waals surface area contributed by atoms with Crippen molar-refractivity contribution in [2.75, 3.05) is 39.0 Å². The number of β-amino-alcohol motifs (C(OH)–C–C–N with tert-alkyl or cyclic N) is 1. The van der Waals surface area contributed by atoms with Gasteiger partial charge in [0.05, 0.1) is 5.60 Å². The van der Waals surface area contributed by atoms with Gasteiger partial charge in [-0.15, -0.1) is 11.8 Å². The first-order valence-electron chi connectivity index (χ1n) is 7.89. The van der Waals surface area contributed by atoms with Crippen LogP contribution in [0, 0.1) is 6.92 Å². The van der Waals surface area contributed by atoms with E-state index in [0.717, 1.165) is 51.2 Å². The average molecular weight is 308 g/mol. The van der Waals surface area contributed by atoms with Crippen molar-refractivity contribution in [1.29, 1.82) is 0 Å². The van der Waals surface area contributed by atoms with E-state index in [1.807, 2.05) is 11.8 Å². The Labute approximate surface area is 133 Å². The molecule has 0 amide bonds. The monoisotopic (exact) mass is 308 g/mol. The summed E-state index contributed by atoms with van der Waals surface area (Å²) in [5, 5.41) is 13.8. The molecule has 21 heavy (non-hydrogen) atoms. The van der Waals surface area contributed by atoms with E-state index in [4.69, 9.17) is 0 Å². The molecule has 4 heteroatoms. The molecule has 0 unspecified atom stereocenters. The molecule has 3 nitrogen and oxygen atoms in total. The molecule has 0 aromatic heterocycles. The van der Waals surface area contributed by atoms with Gasteiger partial charge in [-0.05, 0) is 64.2 Å². The summed E-state index contributed by atoms with van der Waals surface area (Å²) in [6.45, 7) is 5.71. The minimum absolute atomic E-state index is 0.531. The Balaban J connectivity index is 1.62. The normalized spacial score (nSPS) is 22.7. The molecule has 1 atom stereocenters. The van der Waals surface area contributed by atoms with Crippen LogP contribution in [0.5, 0.6) is 0 Å². The number of rotatable bonds is 7. The Morgan fingerprint density at radius 2 is 2.10 bits per heavy atom. The maximum atomic E-state index is 10.5. The second-order valence-corrected chi connectivity index (χ2v) is 7.43. The molecule has 0 spiro atoms. The fourth-order valence-corrected chi connectivity index (χ4v) is 3.67. The van der Waals surface area contributed by atoms with Crippen molar-refractivity contribution in [3.05, 3.63) is 29.8 Å². The molecule has 0 saturated carbocycles. The summed E-state index contributed by atoms with van der Waals surface area (Å²) in [6.07, 6.45) is 3.15. The van der Waals surface area contributed by atoms with Crippen LogP contribution in [-0.4, -0.2) is 54.6 Å². The molecule has 1 saturated heterocycles. The van der Waals surface area contributed by atoms with Gasteiger partial charge in [0, 0.05) is 18.0 Å². The molecule has 0 aliphatic carbocycles. The lowest BCUT2D eigenvalue weighted by Gasteiger charge is -2.36. The lowest BCUT2D eigenvalue weighted by molar-refractivity contribution is -0.00947. The first-order chi connectivity index (χ1) is 10.1. The number of hydrogen-bond donors (Lipinski definition) is 2. The van der Waals surface area contributed by atoms with Crippen molar-refractivity contribution in [3.8, 4) is 0 Å². The van der Waals surface area contributed by atoms with Gasteiger partial charge < -0.3 is 15.3 Å². The van der Waals surface area contributed by atoms with Crippen molar-refractivity contribution >= 4 is 11.8 Å². The molecule has 1 heterocycles. The topological polar surface area (TPSA) is 35.5 Å². The van der Waals surface area contributed by atoms with Gasteiger partial charge in [-0.1, -0.05) is 17.7 Å². The Morgan fingerprint density at radius 1 is 1.33 bits per heavy atom. The van der Waals surface area contributed by atoms with Crippen LogP contribution in [0.25, 0.3) is 0 Å².